The molecule has 0 aliphatic rings. The Morgan fingerprint density at radius 1 is 1.17 bits per heavy atom. The first kappa shape index (κ1) is 19.5. The number of benzene rings is 1. The van der Waals surface area contributed by atoms with Crippen LogP contribution in [-0.2, 0) is 25.7 Å². The number of methoxy groups -OCH3 is 1. The number of nitrogens with one attached hydrogen (secondary N) is 2. The maximum Gasteiger partial charge on any atom is 0.408 e. The second-order valence-corrected chi connectivity index (χ2v) is 5.19. The van der Waals surface area contributed by atoms with Crippen LogP contribution >= 0.6 is 0 Å². The van der Waals surface area contributed by atoms with E-state index in [-0.39, 0.29) is 13.2 Å². The summed E-state index contributed by atoms with van der Waals surface area (Å²) in [6.45, 7) is 1.87. The third kappa shape index (κ3) is 7.62. The Labute approximate surface area is 141 Å². The van der Waals surface area contributed by atoms with Gasteiger partial charge in [0.25, 0.3) is 0 Å². The third-order valence-electron chi connectivity index (χ3n) is 3.30. The van der Waals surface area contributed by atoms with Gasteiger partial charge >= 0.3 is 12.1 Å². The molecular formula is C17H24N2O5. The Morgan fingerprint density at radius 2 is 1.88 bits per heavy atom. The highest BCUT2D eigenvalue weighted by atomic mass is 16.5. The lowest BCUT2D eigenvalue weighted by Gasteiger charge is -2.17. The lowest BCUT2D eigenvalue weighted by atomic mass is 10.1. The van der Waals surface area contributed by atoms with E-state index < -0.39 is 24.0 Å². The van der Waals surface area contributed by atoms with Crippen LogP contribution in [0.15, 0.2) is 30.3 Å². The van der Waals surface area contributed by atoms with Gasteiger partial charge in [0.2, 0.25) is 5.91 Å². The molecular weight excluding hydrogens is 312 g/mol. The Morgan fingerprint density at radius 3 is 2.50 bits per heavy atom. The zero-order valence-electron chi connectivity index (χ0n) is 14.0. The highest BCUT2D eigenvalue weighted by Gasteiger charge is 2.21. The average molecular weight is 336 g/mol. The summed E-state index contributed by atoms with van der Waals surface area (Å²) in [5.74, 6) is -0.991. The van der Waals surface area contributed by atoms with Crippen molar-refractivity contribution in [1.29, 1.82) is 0 Å². The lowest BCUT2D eigenvalue weighted by Crippen LogP contribution is -2.48. The summed E-state index contributed by atoms with van der Waals surface area (Å²) >= 11 is 0. The van der Waals surface area contributed by atoms with Crippen molar-refractivity contribution in [2.45, 2.75) is 38.8 Å². The van der Waals surface area contributed by atoms with Crippen LogP contribution in [0.25, 0.3) is 0 Å². The van der Waals surface area contributed by atoms with Gasteiger partial charge in [-0.1, -0.05) is 50.1 Å². The molecule has 1 aromatic carbocycles. The van der Waals surface area contributed by atoms with Crippen molar-refractivity contribution >= 4 is 18.0 Å². The Kier molecular flexibility index (Phi) is 8.96. The maximum atomic E-state index is 12.1. The molecule has 0 aromatic heterocycles. The smallest absolute Gasteiger partial charge is 0.408 e. The minimum absolute atomic E-state index is 0.122. The van der Waals surface area contributed by atoms with Gasteiger partial charge in [-0.2, -0.15) is 0 Å². The maximum absolute atomic E-state index is 12.1. The number of alkyl carbamates (subject to hydrolysis) is 1. The minimum Gasteiger partial charge on any atom is -0.468 e. The second-order valence-electron chi connectivity index (χ2n) is 5.19. The van der Waals surface area contributed by atoms with E-state index in [1.54, 1.807) is 0 Å². The number of esters is 1. The van der Waals surface area contributed by atoms with E-state index >= 15 is 0 Å². The summed E-state index contributed by atoms with van der Waals surface area (Å²) in [4.78, 5) is 35.1. The summed E-state index contributed by atoms with van der Waals surface area (Å²) in [6, 6.07) is 8.49. The Balaban J connectivity index is 2.49. The largest absolute Gasteiger partial charge is 0.468 e. The summed E-state index contributed by atoms with van der Waals surface area (Å²) < 4.78 is 9.58. The number of ether oxygens (including phenoxy) is 2. The number of unbranched alkanes of at least 4 members (excludes halogenated alkanes) is 1. The van der Waals surface area contributed by atoms with Gasteiger partial charge in [-0.25, -0.2) is 4.79 Å². The Hall–Kier alpha value is -2.57. The fourth-order valence-electron chi connectivity index (χ4n) is 1.94. The van der Waals surface area contributed by atoms with Crippen LogP contribution < -0.4 is 10.6 Å². The quantitative estimate of drug-likeness (QED) is 0.670. The molecule has 0 fully saturated rings. The molecule has 2 N–H and O–H groups in total. The number of amides is 2. The molecule has 0 saturated carbocycles. The SMILES string of the molecule is CCCC[C@H](NC(=O)OCc1ccccc1)C(=O)NCC(=O)OC. The minimum atomic E-state index is -0.752. The predicted molar refractivity (Wildman–Crippen MR) is 88.1 cm³/mol. The van der Waals surface area contributed by atoms with Gasteiger partial charge in [-0.3, -0.25) is 9.59 Å². The van der Waals surface area contributed by atoms with Crippen LogP contribution in [0.4, 0.5) is 4.79 Å². The lowest BCUT2D eigenvalue weighted by molar-refractivity contribution is -0.141. The van der Waals surface area contributed by atoms with Gasteiger partial charge in [-0.05, 0) is 12.0 Å². The number of hydrogen-bond acceptors (Lipinski definition) is 5. The van der Waals surface area contributed by atoms with E-state index in [4.69, 9.17) is 4.74 Å². The summed E-state index contributed by atoms with van der Waals surface area (Å²) in [7, 11) is 1.24. The van der Waals surface area contributed by atoms with Crippen LogP contribution in [0.3, 0.4) is 0 Å². The third-order valence-corrected chi connectivity index (χ3v) is 3.30. The van der Waals surface area contributed by atoms with Crippen LogP contribution in [-0.4, -0.2) is 37.7 Å². The number of hydrogen-bond donors (Lipinski definition) is 2. The predicted octanol–water partition coefficient (Wildman–Crippen LogP) is 1.76. The molecule has 7 nitrogen and oxygen atoms in total. The molecule has 7 heteroatoms. The van der Waals surface area contributed by atoms with Crippen molar-refractivity contribution in [2.75, 3.05) is 13.7 Å². The van der Waals surface area contributed by atoms with Crippen LogP contribution in [0.5, 0.6) is 0 Å². The first-order valence-corrected chi connectivity index (χ1v) is 7.88. The molecule has 0 radical (unpaired) electrons. The molecule has 132 valence electrons. The normalized spacial score (nSPS) is 11.2. The van der Waals surface area contributed by atoms with Crippen molar-refractivity contribution < 1.29 is 23.9 Å². The zero-order valence-corrected chi connectivity index (χ0v) is 14.0. The number of carbonyl (C=O) groups is 3. The molecule has 1 rings (SSSR count). The molecule has 0 aliphatic carbocycles. The molecule has 2 amide bonds. The topological polar surface area (TPSA) is 93.7 Å². The van der Waals surface area contributed by atoms with Gasteiger partial charge in [0.15, 0.2) is 0 Å². The van der Waals surface area contributed by atoms with Crippen molar-refractivity contribution in [3.8, 4) is 0 Å². The molecule has 0 bridgehead atoms. The Bertz CT molecular complexity index is 533. The van der Waals surface area contributed by atoms with E-state index in [2.05, 4.69) is 15.4 Å². The summed E-state index contributed by atoms with van der Waals surface area (Å²) in [6.07, 6.45) is 1.42. The van der Waals surface area contributed by atoms with Gasteiger partial charge in [0.05, 0.1) is 7.11 Å². The summed E-state index contributed by atoms with van der Waals surface area (Å²) in [5, 5.41) is 4.98. The molecule has 0 saturated heterocycles. The van der Waals surface area contributed by atoms with Gasteiger partial charge in [-0.15, -0.1) is 0 Å². The zero-order chi connectivity index (χ0) is 17.8. The van der Waals surface area contributed by atoms with E-state index in [1.807, 2.05) is 37.3 Å². The van der Waals surface area contributed by atoms with Crippen molar-refractivity contribution in [3.63, 3.8) is 0 Å². The molecule has 0 unspecified atom stereocenters. The second kappa shape index (κ2) is 11.0. The van der Waals surface area contributed by atoms with E-state index in [9.17, 15) is 14.4 Å². The standard InChI is InChI=1S/C17H24N2O5/c1-3-4-10-14(16(21)18-11-15(20)23-2)19-17(22)24-12-13-8-6-5-7-9-13/h5-9,14H,3-4,10-12H2,1-2H3,(H,18,21)(H,19,22)/t14-/m0/s1. The fourth-order valence-corrected chi connectivity index (χ4v) is 1.94. The van der Waals surface area contributed by atoms with Crippen molar-refractivity contribution in [3.05, 3.63) is 35.9 Å². The van der Waals surface area contributed by atoms with Gasteiger partial charge in [0.1, 0.15) is 19.2 Å². The highest BCUT2D eigenvalue weighted by Crippen LogP contribution is 2.04. The number of carbonyl (C=O) groups excluding carboxylic acids is 3. The van der Waals surface area contributed by atoms with Crippen molar-refractivity contribution in [1.82, 2.24) is 10.6 Å². The monoisotopic (exact) mass is 336 g/mol. The first-order valence-electron chi connectivity index (χ1n) is 7.88. The molecule has 0 aliphatic heterocycles. The first-order chi connectivity index (χ1) is 11.6. The van der Waals surface area contributed by atoms with E-state index in [0.29, 0.717) is 6.42 Å². The number of rotatable bonds is 9. The fraction of sp³-hybridized carbons (Fsp3) is 0.471. The van der Waals surface area contributed by atoms with Crippen LogP contribution in [0.1, 0.15) is 31.7 Å². The molecule has 0 spiro atoms. The molecule has 24 heavy (non-hydrogen) atoms. The van der Waals surface area contributed by atoms with E-state index in [1.165, 1.54) is 7.11 Å². The molecule has 1 aromatic rings. The molecule has 0 heterocycles. The molecule has 1 atom stereocenters. The van der Waals surface area contributed by atoms with Crippen molar-refractivity contribution in [2.24, 2.45) is 0 Å². The van der Waals surface area contributed by atoms with Crippen LogP contribution in [0.2, 0.25) is 0 Å². The van der Waals surface area contributed by atoms with E-state index in [0.717, 1.165) is 18.4 Å². The average Bonchev–Trinajstić information content (AvgIpc) is 2.61. The summed E-state index contributed by atoms with van der Waals surface area (Å²) in [5.41, 5.74) is 0.855. The van der Waals surface area contributed by atoms with Crippen LogP contribution in [0, 0.1) is 0 Å². The van der Waals surface area contributed by atoms with Gasteiger partial charge in [0, 0.05) is 0 Å². The van der Waals surface area contributed by atoms with Gasteiger partial charge < -0.3 is 20.1 Å². The highest BCUT2D eigenvalue weighted by molar-refractivity contribution is 5.88.